The Morgan fingerprint density at radius 3 is 2.53 bits per heavy atom. The average Bonchev–Trinajstić information content (AvgIpc) is 2.77. The summed E-state index contributed by atoms with van der Waals surface area (Å²) in [6.07, 6.45) is 5.55. The molecule has 106 valence electrons. The lowest BCUT2D eigenvalue weighted by molar-refractivity contribution is -0.145. The molecule has 19 heavy (non-hydrogen) atoms. The standard InChI is InChI=1S/C11H17N3O4S/c1-14-8-9(7-12-14)19(17,18)13-11(10(15)16)5-3-2-4-6-11/h7-8,13H,2-6H2,1H3,(H,15,16). The van der Waals surface area contributed by atoms with Crippen LogP contribution in [0.2, 0.25) is 0 Å². The smallest absolute Gasteiger partial charge is 0.324 e. The van der Waals surface area contributed by atoms with Gasteiger partial charge in [0.1, 0.15) is 10.4 Å². The number of carboxylic acid groups (broad SMARTS) is 1. The van der Waals surface area contributed by atoms with Crippen molar-refractivity contribution in [1.29, 1.82) is 0 Å². The molecular formula is C11H17N3O4S. The topological polar surface area (TPSA) is 101 Å². The number of aliphatic carboxylic acids is 1. The quantitative estimate of drug-likeness (QED) is 0.839. The fourth-order valence-corrected chi connectivity index (χ4v) is 3.77. The van der Waals surface area contributed by atoms with Crippen molar-refractivity contribution >= 4 is 16.0 Å². The van der Waals surface area contributed by atoms with Gasteiger partial charge in [0, 0.05) is 13.2 Å². The lowest BCUT2D eigenvalue weighted by atomic mass is 9.83. The fraction of sp³-hybridized carbons (Fsp3) is 0.636. The van der Waals surface area contributed by atoms with E-state index >= 15 is 0 Å². The molecule has 1 aliphatic rings. The molecule has 2 rings (SSSR count). The number of sulfonamides is 1. The van der Waals surface area contributed by atoms with Gasteiger partial charge in [-0.2, -0.15) is 9.82 Å². The van der Waals surface area contributed by atoms with E-state index in [1.807, 2.05) is 0 Å². The summed E-state index contributed by atoms with van der Waals surface area (Å²) in [7, 11) is -2.25. The molecule has 1 aromatic rings. The Hall–Kier alpha value is -1.41. The predicted molar refractivity (Wildman–Crippen MR) is 67.0 cm³/mol. The molecule has 0 unspecified atom stereocenters. The van der Waals surface area contributed by atoms with Crippen LogP contribution in [0.1, 0.15) is 32.1 Å². The maximum absolute atomic E-state index is 12.2. The zero-order valence-corrected chi connectivity index (χ0v) is 11.5. The first-order valence-electron chi connectivity index (χ1n) is 6.12. The molecule has 0 amide bonds. The minimum absolute atomic E-state index is 0.0128. The molecule has 1 heterocycles. The van der Waals surface area contributed by atoms with Crippen LogP contribution < -0.4 is 4.72 Å². The van der Waals surface area contributed by atoms with Crippen molar-refractivity contribution in [2.24, 2.45) is 7.05 Å². The van der Waals surface area contributed by atoms with Crippen molar-refractivity contribution in [2.75, 3.05) is 0 Å². The number of aryl methyl sites for hydroxylation is 1. The Morgan fingerprint density at radius 1 is 1.42 bits per heavy atom. The van der Waals surface area contributed by atoms with Gasteiger partial charge in [0.25, 0.3) is 0 Å². The van der Waals surface area contributed by atoms with Gasteiger partial charge in [-0.1, -0.05) is 19.3 Å². The van der Waals surface area contributed by atoms with Crippen LogP contribution >= 0.6 is 0 Å². The van der Waals surface area contributed by atoms with Crippen molar-refractivity contribution in [3.8, 4) is 0 Å². The van der Waals surface area contributed by atoms with E-state index in [9.17, 15) is 18.3 Å². The van der Waals surface area contributed by atoms with E-state index in [1.54, 1.807) is 7.05 Å². The van der Waals surface area contributed by atoms with E-state index in [0.29, 0.717) is 25.7 Å². The summed E-state index contributed by atoms with van der Waals surface area (Å²) in [4.78, 5) is 11.4. The van der Waals surface area contributed by atoms with Crippen molar-refractivity contribution < 1.29 is 18.3 Å². The SMILES string of the molecule is Cn1cc(S(=O)(=O)NC2(C(=O)O)CCCCC2)cn1. The largest absolute Gasteiger partial charge is 0.480 e. The first-order valence-corrected chi connectivity index (χ1v) is 7.60. The van der Waals surface area contributed by atoms with E-state index in [4.69, 9.17) is 0 Å². The van der Waals surface area contributed by atoms with Gasteiger partial charge in [0.2, 0.25) is 10.0 Å². The molecule has 1 saturated carbocycles. The van der Waals surface area contributed by atoms with Crippen LogP contribution in [0.15, 0.2) is 17.3 Å². The van der Waals surface area contributed by atoms with Gasteiger partial charge in [-0.05, 0) is 12.8 Å². The second-order valence-electron chi connectivity index (χ2n) is 4.90. The number of aromatic nitrogens is 2. The number of hydrogen-bond donors (Lipinski definition) is 2. The third-order valence-electron chi connectivity index (χ3n) is 3.44. The Labute approximate surface area is 111 Å². The maximum Gasteiger partial charge on any atom is 0.324 e. The molecule has 0 aliphatic heterocycles. The Kier molecular flexibility index (Phi) is 3.64. The van der Waals surface area contributed by atoms with E-state index in [-0.39, 0.29) is 4.90 Å². The minimum atomic E-state index is -3.86. The monoisotopic (exact) mass is 287 g/mol. The van der Waals surface area contributed by atoms with E-state index in [1.165, 1.54) is 17.1 Å². The number of carbonyl (C=O) groups is 1. The molecule has 0 atom stereocenters. The molecule has 1 fully saturated rings. The van der Waals surface area contributed by atoms with Gasteiger partial charge in [0.15, 0.2) is 0 Å². The summed E-state index contributed by atoms with van der Waals surface area (Å²) >= 11 is 0. The van der Waals surface area contributed by atoms with Crippen LogP contribution in [-0.4, -0.2) is 34.8 Å². The van der Waals surface area contributed by atoms with Crippen molar-refractivity contribution in [1.82, 2.24) is 14.5 Å². The second-order valence-corrected chi connectivity index (χ2v) is 6.59. The highest BCUT2D eigenvalue weighted by Gasteiger charge is 2.43. The molecule has 7 nitrogen and oxygen atoms in total. The van der Waals surface area contributed by atoms with Crippen molar-refractivity contribution in [3.63, 3.8) is 0 Å². The second kappa shape index (κ2) is 4.93. The number of nitrogens with one attached hydrogen (secondary N) is 1. The van der Waals surface area contributed by atoms with Gasteiger partial charge >= 0.3 is 5.97 Å². The van der Waals surface area contributed by atoms with Crippen LogP contribution in [0.25, 0.3) is 0 Å². The zero-order valence-electron chi connectivity index (χ0n) is 10.7. The average molecular weight is 287 g/mol. The van der Waals surface area contributed by atoms with Crippen molar-refractivity contribution in [2.45, 2.75) is 42.5 Å². The molecule has 0 aromatic carbocycles. The molecule has 0 bridgehead atoms. The molecule has 0 saturated heterocycles. The first kappa shape index (κ1) is 14.0. The normalized spacial score (nSPS) is 19.2. The summed E-state index contributed by atoms with van der Waals surface area (Å²) in [5, 5.41) is 13.2. The molecule has 1 aromatic heterocycles. The lowest BCUT2D eigenvalue weighted by Crippen LogP contribution is -2.55. The predicted octanol–water partition coefficient (Wildman–Crippen LogP) is 0.486. The highest BCUT2D eigenvalue weighted by Crippen LogP contribution is 2.30. The number of rotatable bonds is 4. The maximum atomic E-state index is 12.2. The van der Waals surface area contributed by atoms with E-state index < -0.39 is 21.5 Å². The van der Waals surface area contributed by atoms with Crippen LogP contribution in [0, 0.1) is 0 Å². The van der Waals surface area contributed by atoms with Crippen molar-refractivity contribution in [3.05, 3.63) is 12.4 Å². The number of carboxylic acids is 1. The number of hydrogen-bond acceptors (Lipinski definition) is 4. The Morgan fingerprint density at radius 2 is 2.05 bits per heavy atom. The molecular weight excluding hydrogens is 270 g/mol. The Balaban J connectivity index is 2.29. The zero-order chi connectivity index (χ0) is 14.1. The third kappa shape index (κ3) is 2.79. The summed E-state index contributed by atoms with van der Waals surface area (Å²) < 4.78 is 28.1. The Bertz CT molecular complexity index is 573. The summed E-state index contributed by atoms with van der Waals surface area (Å²) in [5.74, 6) is -1.11. The van der Waals surface area contributed by atoms with Gasteiger partial charge in [0.05, 0.1) is 6.20 Å². The van der Waals surface area contributed by atoms with Gasteiger partial charge in [-0.15, -0.1) is 0 Å². The van der Waals surface area contributed by atoms with E-state index in [0.717, 1.165) is 6.42 Å². The lowest BCUT2D eigenvalue weighted by Gasteiger charge is -2.33. The molecule has 2 N–H and O–H groups in total. The number of nitrogens with zero attached hydrogens (tertiary/aromatic N) is 2. The van der Waals surface area contributed by atoms with Crippen LogP contribution in [-0.2, 0) is 21.9 Å². The minimum Gasteiger partial charge on any atom is -0.480 e. The van der Waals surface area contributed by atoms with Gasteiger partial charge in [-0.25, -0.2) is 8.42 Å². The van der Waals surface area contributed by atoms with Crippen LogP contribution in [0.4, 0.5) is 0 Å². The molecule has 8 heteroatoms. The first-order chi connectivity index (χ1) is 8.86. The van der Waals surface area contributed by atoms with Crippen LogP contribution in [0.3, 0.4) is 0 Å². The summed E-state index contributed by atoms with van der Waals surface area (Å²) in [6, 6.07) is 0. The highest BCUT2D eigenvalue weighted by molar-refractivity contribution is 7.89. The van der Waals surface area contributed by atoms with E-state index in [2.05, 4.69) is 9.82 Å². The van der Waals surface area contributed by atoms with Gasteiger partial charge in [-0.3, -0.25) is 9.48 Å². The van der Waals surface area contributed by atoms with Gasteiger partial charge < -0.3 is 5.11 Å². The summed E-state index contributed by atoms with van der Waals surface area (Å²) in [6.45, 7) is 0. The summed E-state index contributed by atoms with van der Waals surface area (Å²) in [5.41, 5.74) is -1.38. The highest BCUT2D eigenvalue weighted by atomic mass is 32.2. The molecule has 0 radical (unpaired) electrons. The molecule has 1 aliphatic carbocycles. The fourth-order valence-electron chi connectivity index (χ4n) is 2.37. The van der Waals surface area contributed by atoms with Crippen LogP contribution in [0.5, 0.6) is 0 Å². The third-order valence-corrected chi connectivity index (χ3v) is 4.93. The molecule has 0 spiro atoms.